The van der Waals surface area contributed by atoms with Crippen LogP contribution >= 0.6 is 0 Å². The molecule has 7 nitrogen and oxygen atoms in total. The van der Waals surface area contributed by atoms with E-state index in [1.165, 1.54) is 0 Å². The average Bonchev–Trinajstić information content (AvgIpc) is 2.72. The number of aliphatic hydroxyl groups is 1. The summed E-state index contributed by atoms with van der Waals surface area (Å²) in [5.74, 6) is -0.240. The number of esters is 1. The van der Waals surface area contributed by atoms with E-state index in [1.54, 1.807) is 63.4 Å². The summed E-state index contributed by atoms with van der Waals surface area (Å²) in [5, 5.41) is 16.4. The molecular formula is C23H30N2O5. The topological polar surface area (TPSA) is 96.9 Å². The van der Waals surface area contributed by atoms with Crippen LogP contribution < -0.4 is 20.1 Å². The van der Waals surface area contributed by atoms with Crippen LogP contribution in [0.15, 0.2) is 42.5 Å². The van der Waals surface area contributed by atoms with Crippen molar-refractivity contribution in [1.29, 1.82) is 0 Å². The smallest absolute Gasteiger partial charge is 0.313 e. The number of methoxy groups -OCH3 is 1. The summed E-state index contributed by atoms with van der Waals surface area (Å²) < 4.78 is 10.6. The lowest BCUT2D eigenvalue weighted by Gasteiger charge is -2.18. The van der Waals surface area contributed by atoms with E-state index in [1.807, 2.05) is 13.8 Å². The summed E-state index contributed by atoms with van der Waals surface area (Å²) in [5.41, 5.74) is 1.33. The van der Waals surface area contributed by atoms with Gasteiger partial charge in [0.15, 0.2) is 5.75 Å². The van der Waals surface area contributed by atoms with E-state index in [2.05, 4.69) is 10.6 Å². The molecule has 0 aliphatic carbocycles. The minimum atomic E-state index is -0.779. The molecular weight excluding hydrogens is 384 g/mol. The quantitative estimate of drug-likeness (QED) is 0.429. The number of aliphatic hydroxyl groups excluding tert-OH is 1. The maximum absolute atomic E-state index is 12.7. The molecule has 0 heterocycles. The van der Waals surface area contributed by atoms with Crippen molar-refractivity contribution in [1.82, 2.24) is 5.32 Å². The summed E-state index contributed by atoms with van der Waals surface area (Å²) in [7, 11) is 1.55. The van der Waals surface area contributed by atoms with Crippen molar-refractivity contribution in [2.75, 3.05) is 19.0 Å². The zero-order valence-corrected chi connectivity index (χ0v) is 18.1. The van der Waals surface area contributed by atoms with Crippen LogP contribution in [0.2, 0.25) is 0 Å². The van der Waals surface area contributed by atoms with E-state index in [0.717, 1.165) is 0 Å². The van der Waals surface area contributed by atoms with Gasteiger partial charge in [0.05, 0.1) is 24.8 Å². The van der Waals surface area contributed by atoms with Crippen LogP contribution in [0.1, 0.15) is 49.7 Å². The molecule has 0 fully saturated rings. The third-order valence-electron chi connectivity index (χ3n) is 4.39. The highest BCUT2D eigenvalue weighted by atomic mass is 16.5. The molecule has 0 saturated carbocycles. The Morgan fingerprint density at radius 2 is 1.70 bits per heavy atom. The Morgan fingerprint density at radius 1 is 1.03 bits per heavy atom. The number of anilines is 1. The average molecular weight is 415 g/mol. The van der Waals surface area contributed by atoms with Crippen molar-refractivity contribution in [3.8, 4) is 11.5 Å². The predicted molar refractivity (Wildman–Crippen MR) is 116 cm³/mol. The number of ether oxygens (including phenoxy) is 2. The zero-order chi connectivity index (χ0) is 22.3. The van der Waals surface area contributed by atoms with Crippen LogP contribution in [-0.2, 0) is 4.79 Å². The van der Waals surface area contributed by atoms with Gasteiger partial charge in [-0.3, -0.25) is 9.59 Å². The SMILES string of the molecule is COc1ccc(C(=O)Nc2cc(C(O)CNC(C)C)ccc2OC(=O)C(C)C)cc1. The summed E-state index contributed by atoms with van der Waals surface area (Å²) in [6.45, 7) is 7.79. The van der Waals surface area contributed by atoms with Gasteiger partial charge < -0.3 is 25.2 Å². The second-order valence-electron chi connectivity index (χ2n) is 7.59. The number of benzene rings is 2. The lowest BCUT2D eigenvalue weighted by Crippen LogP contribution is -2.28. The fraction of sp³-hybridized carbons (Fsp3) is 0.391. The molecule has 30 heavy (non-hydrogen) atoms. The molecule has 0 saturated heterocycles. The Hall–Kier alpha value is -2.90. The van der Waals surface area contributed by atoms with Crippen molar-refractivity contribution in [3.63, 3.8) is 0 Å². The van der Waals surface area contributed by atoms with Crippen LogP contribution in [0.5, 0.6) is 11.5 Å². The van der Waals surface area contributed by atoms with E-state index in [0.29, 0.717) is 29.1 Å². The van der Waals surface area contributed by atoms with E-state index in [-0.39, 0.29) is 23.6 Å². The first-order valence-corrected chi connectivity index (χ1v) is 9.93. The first-order chi connectivity index (χ1) is 14.2. The molecule has 2 aromatic rings. The van der Waals surface area contributed by atoms with E-state index in [9.17, 15) is 14.7 Å². The number of hydrogen-bond donors (Lipinski definition) is 3. The second-order valence-corrected chi connectivity index (χ2v) is 7.59. The minimum Gasteiger partial charge on any atom is -0.497 e. The largest absolute Gasteiger partial charge is 0.497 e. The minimum absolute atomic E-state index is 0.222. The molecule has 1 atom stereocenters. The predicted octanol–water partition coefficient (Wildman–Crippen LogP) is 3.54. The number of hydrogen-bond acceptors (Lipinski definition) is 6. The van der Waals surface area contributed by atoms with Gasteiger partial charge in [-0.05, 0) is 42.0 Å². The molecule has 0 aliphatic rings. The van der Waals surface area contributed by atoms with Crippen LogP contribution in [0.3, 0.4) is 0 Å². The van der Waals surface area contributed by atoms with Gasteiger partial charge in [-0.15, -0.1) is 0 Å². The number of nitrogens with one attached hydrogen (secondary N) is 2. The maximum atomic E-state index is 12.7. The molecule has 1 unspecified atom stereocenters. The third-order valence-corrected chi connectivity index (χ3v) is 4.39. The van der Waals surface area contributed by atoms with Crippen molar-refractivity contribution in [2.45, 2.75) is 39.8 Å². The fourth-order valence-electron chi connectivity index (χ4n) is 2.57. The Kier molecular flexibility index (Phi) is 8.38. The lowest BCUT2D eigenvalue weighted by atomic mass is 10.1. The molecule has 1 amide bonds. The molecule has 0 aliphatic heterocycles. The molecule has 162 valence electrons. The highest BCUT2D eigenvalue weighted by Gasteiger charge is 2.18. The first-order valence-electron chi connectivity index (χ1n) is 9.93. The molecule has 7 heteroatoms. The van der Waals surface area contributed by atoms with Crippen LogP contribution in [0.4, 0.5) is 5.69 Å². The summed E-state index contributed by atoms with van der Waals surface area (Å²) in [4.78, 5) is 24.8. The van der Waals surface area contributed by atoms with Gasteiger partial charge >= 0.3 is 5.97 Å². The zero-order valence-electron chi connectivity index (χ0n) is 18.1. The molecule has 2 rings (SSSR count). The standard InChI is InChI=1S/C23H30N2O5/c1-14(2)23(28)30-21-11-8-17(20(26)13-24-15(3)4)12-19(21)25-22(27)16-6-9-18(29-5)10-7-16/h6-12,14-15,20,24,26H,13H2,1-5H3,(H,25,27). The van der Waals surface area contributed by atoms with Crippen molar-refractivity contribution < 1.29 is 24.2 Å². The van der Waals surface area contributed by atoms with Gasteiger partial charge in [-0.25, -0.2) is 0 Å². The highest BCUT2D eigenvalue weighted by Crippen LogP contribution is 2.30. The molecule has 0 bridgehead atoms. The fourth-order valence-corrected chi connectivity index (χ4v) is 2.57. The summed E-state index contributed by atoms with van der Waals surface area (Å²) >= 11 is 0. The molecule has 3 N–H and O–H groups in total. The second kappa shape index (κ2) is 10.8. The highest BCUT2D eigenvalue weighted by molar-refractivity contribution is 6.05. The van der Waals surface area contributed by atoms with Crippen molar-refractivity contribution >= 4 is 17.6 Å². The Morgan fingerprint density at radius 3 is 2.27 bits per heavy atom. The molecule has 0 spiro atoms. The number of rotatable bonds is 9. The summed E-state index contributed by atoms with van der Waals surface area (Å²) in [6, 6.07) is 11.8. The van der Waals surface area contributed by atoms with Gasteiger partial charge in [-0.1, -0.05) is 33.8 Å². The van der Waals surface area contributed by atoms with Gasteiger partial charge in [-0.2, -0.15) is 0 Å². The van der Waals surface area contributed by atoms with Crippen molar-refractivity contribution in [2.24, 2.45) is 5.92 Å². The van der Waals surface area contributed by atoms with Crippen LogP contribution in [0.25, 0.3) is 0 Å². The summed E-state index contributed by atoms with van der Waals surface area (Å²) in [6.07, 6.45) is -0.779. The van der Waals surface area contributed by atoms with E-state index in [4.69, 9.17) is 9.47 Å². The molecule has 0 radical (unpaired) electrons. The molecule has 0 aromatic heterocycles. The number of carbonyl (C=O) groups is 2. The van der Waals surface area contributed by atoms with E-state index < -0.39 is 12.1 Å². The van der Waals surface area contributed by atoms with Gasteiger partial charge in [0.25, 0.3) is 5.91 Å². The Labute approximate surface area is 177 Å². The van der Waals surface area contributed by atoms with Crippen LogP contribution in [0, 0.1) is 5.92 Å². The first kappa shape index (κ1) is 23.4. The van der Waals surface area contributed by atoms with Crippen LogP contribution in [-0.4, -0.2) is 36.7 Å². The Bertz CT molecular complexity index is 862. The van der Waals surface area contributed by atoms with Gasteiger partial charge in [0.1, 0.15) is 5.75 Å². The molecule has 2 aromatic carbocycles. The van der Waals surface area contributed by atoms with Crippen molar-refractivity contribution in [3.05, 3.63) is 53.6 Å². The van der Waals surface area contributed by atoms with E-state index >= 15 is 0 Å². The van der Waals surface area contributed by atoms with Gasteiger partial charge in [0.2, 0.25) is 0 Å². The maximum Gasteiger partial charge on any atom is 0.313 e. The Balaban J connectivity index is 2.29. The normalized spacial score (nSPS) is 12.0. The number of carbonyl (C=O) groups excluding carboxylic acids is 2. The monoisotopic (exact) mass is 414 g/mol. The van der Waals surface area contributed by atoms with Gasteiger partial charge in [0, 0.05) is 18.2 Å². The third kappa shape index (κ3) is 6.57. The number of amides is 1. The lowest BCUT2D eigenvalue weighted by molar-refractivity contribution is -0.137.